The molecule has 21 heavy (non-hydrogen) atoms. The second-order valence-corrected chi connectivity index (χ2v) is 5.11. The van der Waals surface area contributed by atoms with Crippen molar-refractivity contribution in [2.45, 2.75) is 32.2 Å². The van der Waals surface area contributed by atoms with Gasteiger partial charge in [0.05, 0.1) is 6.61 Å². The van der Waals surface area contributed by atoms with Crippen molar-refractivity contribution in [2.75, 3.05) is 19.8 Å². The van der Waals surface area contributed by atoms with Crippen molar-refractivity contribution in [3.63, 3.8) is 0 Å². The smallest absolute Gasteiger partial charge is 0.251 e. The summed E-state index contributed by atoms with van der Waals surface area (Å²) in [7, 11) is 0. The highest BCUT2D eigenvalue weighted by Gasteiger charge is 2.18. The highest BCUT2D eigenvalue weighted by atomic mass is 16.5. The third-order valence-corrected chi connectivity index (χ3v) is 3.59. The van der Waals surface area contributed by atoms with Crippen molar-refractivity contribution >= 4 is 5.91 Å². The first-order valence-electron chi connectivity index (χ1n) is 7.30. The molecular weight excluding hydrogens is 266 g/mol. The Hall–Kier alpha value is -1.83. The number of nitrogens with one attached hydrogen (secondary N) is 1. The molecule has 0 atom stereocenters. The molecule has 4 nitrogen and oxygen atoms in total. The van der Waals surface area contributed by atoms with Gasteiger partial charge in [0.2, 0.25) is 0 Å². The number of aliphatic hydroxyl groups is 1. The molecule has 1 aromatic carbocycles. The van der Waals surface area contributed by atoms with Gasteiger partial charge in [-0.25, -0.2) is 0 Å². The van der Waals surface area contributed by atoms with E-state index in [1.165, 1.54) is 0 Å². The fourth-order valence-electron chi connectivity index (χ4n) is 2.34. The van der Waals surface area contributed by atoms with Gasteiger partial charge in [-0.15, -0.1) is 0 Å². The number of benzene rings is 1. The minimum Gasteiger partial charge on any atom is -0.395 e. The maximum absolute atomic E-state index is 12.4. The minimum atomic E-state index is -0.0507. The number of amides is 1. The lowest BCUT2D eigenvalue weighted by Crippen LogP contribution is -2.39. The van der Waals surface area contributed by atoms with E-state index in [9.17, 15) is 4.79 Å². The number of aliphatic hydroxyl groups excluding tert-OH is 1. The minimum absolute atomic E-state index is 0.0507. The van der Waals surface area contributed by atoms with Crippen LogP contribution in [0.25, 0.3) is 0 Å². The number of carbonyl (C=O) groups is 1. The second kappa shape index (κ2) is 7.82. The van der Waals surface area contributed by atoms with Gasteiger partial charge in [0.25, 0.3) is 5.91 Å². The lowest BCUT2D eigenvalue weighted by Gasteiger charge is -2.23. The number of rotatable bonds is 3. The van der Waals surface area contributed by atoms with E-state index >= 15 is 0 Å². The average molecular weight is 287 g/mol. The maximum atomic E-state index is 12.4. The molecule has 2 N–H and O–H groups in total. The summed E-state index contributed by atoms with van der Waals surface area (Å²) in [6, 6.07) is 5.75. The van der Waals surface area contributed by atoms with E-state index in [1.807, 2.05) is 25.1 Å². The Morgan fingerprint density at radius 3 is 2.90 bits per heavy atom. The summed E-state index contributed by atoms with van der Waals surface area (Å²) in [4.78, 5) is 12.4. The van der Waals surface area contributed by atoms with Crippen LogP contribution in [0.15, 0.2) is 18.2 Å². The molecule has 0 aliphatic carbocycles. The molecule has 1 heterocycles. The van der Waals surface area contributed by atoms with Crippen LogP contribution in [0.4, 0.5) is 0 Å². The van der Waals surface area contributed by atoms with Gasteiger partial charge in [-0.1, -0.05) is 17.9 Å². The van der Waals surface area contributed by atoms with Crippen LogP contribution in [0.5, 0.6) is 0 Å². The molecule has 0 unspecified atom stereocenters. The molecule has 1 aromatic rings. The van der Waals surface area contributed by atoms with E-state index in [-0.39, 0.29) is 18.6 Å². The third kappa shape index (κ3) is 4.32. The lowest BCUT2D eigenvalue weighted by atomic mass is 10.0. The quantitative estimate of drug-likeness (QED) is 0.831. The molecule has 112 valence electrons. The van der Waals surface area contributed by atoms with Crippen LogP contribution in [0.2, 0.25) is 0 Å². The van der Waals surface area contributed by atoms with Gasteiger partial charge >= 0.3 is 0 Å². The molecular formula is C17H21NO3. The van der Waals surface area contributed by atoms with Crippen molar-refractivity contribution in [2.24, 2.45) is 0 Å². The predicted octanol–water partition coefficient (Wildman–Crippen LogP) is 1.64. The summed E-state index contributed by atoms with van der Waals surface area (Å²) >= 11 is 0. The van der Waals surface area contributed by atoms with Gasteiger partial charge in [-0.2, -0.15) is 0 Å². The van der Waals surface area contributed by atoms with Crippen molar-refractivity contribution in [3.8, 4) is 11.8 Å². The summed E-state index contributed by atoms with van der Waals surface area (Å²) in [5.41, 5.74) is 2.38. The largest absolute Gasteiger partial charge is 0.395 e. The van der Waals surface area contributed by atoms with Crippen molar-refractivity contribution in [3.05, 3.63) is 34.9 Å². The molecule has 1 saturated heterocycles. The van der Waals surface area contributed by atoms with E-state index in [0.717, 1.165) is 24.0 Å². The molecule has 0 radical (unpaired) electrons. The predicted molar refractivity (Wildman–Crippen MR) is 81.1 cm³/mol. The Balaban J connectivity index is 2.10. The molecule has 1 aliphatic heterocycles. The van der Waals surface area contributed by atoms with Gasteiger partial charge in [0, 0.05) is 36.8 Å². The monoisotopic (exact) mass is 287 g/mol. The van der Waals surface area contributed by atoms with Crippen molar-refractivity contribution in [1.82, 2.24) is 5.32 Å². The van der Waals surface area contributed by atoms with Crippen LogP contribution in [0, 0.1) is 18.8 Å². The molecule has 2 rings (SSSR count). The van der Waals surface area contributed by atoms with Crippen LogP contribution in [0.1, 0.15) is 40.7 Å². The molecule has 1 fully saturated rings. The standard InChI is InChI=1S/C17H21NO3/c1-13-14(5-2-3-10-19)6-4-7-16(13)17(20)18-15-8-11-21-12-9-15/h4,6-7,15,19H,3,8-12H2,1H3,(H,18,20). The highest BCUT2D eigenvalue weighted by Crippen LogP contribution is 2.14. The molecule has 1 amide bonds. The normalized spacial score (nSPS) is 15.1. The zero-order valence-electron chi connectivity index (χ0n) is 12.3. The van der Waals surface area contributed by atoms with E-state index in [1.54, 1.807) is 0 Å². The maximum Gasteiger partial charge on any atom is 0.251 e. The lowest BCUT2D eigenvalue weighted by molar-refractivity contribution is 0.0696. The fraction of sp³-hybridized carbons (Fsp3) is 0.471. The summed E-state index contributed by atoms with van der Waals surface area (Å²) in [6.07, 6.45) is 2.17. The topological polar surface area (TPSA) is 58.6 Å². The zero-order valence-corrected chi connectivity index (χ0v) is 12.3. The molecule has 0 saturated carbocycles. The van der Waals surface area contributed by atoms with Crippen LogP contribution < -0.4 is 5.32 Å². The summed E-state index contributed by atoms with van der Waals surface area (Å²) in [5, 5.41) is 11.8. The molecule has 0 spiro atoms. The zero-order chi connectivity index (χ0) is 15.1. The van der Waals surface area contributed by atoms with Crippen LogP contribution in [-0.4, -0.2) is 36.9 Å². The highest BCUT2D eigenvalue weighted by molar-refractivity contribution is 5.96. The summed E-state index contributed by atoms with van der Waals surface area (Å²) < 4.78 is 5.29. The Morgan fingerprint density at radius 1 is 1.43 bits per heavy atom. The number of carbonyl (C=O) groups excluding carboxylic acids is 1. The summed E-state index contributed by atoms with van der Waals surface area (Å²) in [6.45, 7) is 3.37. The van der Waals surface area contributed by atoms with E-state index in [4.69, 9.17) is 9.84 Å². The van der Waals surface area contributed by atoms with Gasteiger partial charge in [0.1, 0.15) is 0 Å². The van der Waals surface area contributed by atoms with Gasteiger partial charge in [0.15, 0.2) is 0 Å². The first-order chi connectivity index (χ1) is 10.2. The van der Waals surface area contributed by atoms with Crippen LogP contribution in [-0.2, 0) is 4.74 Å². The third-order valence-electron chi connectivity index (χ3n) is 3.59. The first kappa shape index (κ1) is 15.6. The van der Waals surface area contributed by atoms with Gasteiger partial charge < -0.3 is 15.2 Å². The van der Waals surface area contributed by atoms with Crippen molar-refractivity contribution < 1.29 is 14.6 Å². The Bertz CT molecular complexity index is 551. The molecule has 4 heteroatoms. The van der Waals surface area contributed by atoms with Gasteiger partial charge in [-0.05, 0) is 37.5 Å². The van der Waals surface area contributed by atoms with Gasteiger partial charge in [-0.3, -0.25) is 4.79 Å². The first-order valence-corrected chi connectivity index (χ1v) is 7.30. The van der Waals surface area contributed by atoms with E-state index in [2.05, 4.69) is 17.2 Å². The molecule has 1 aliphatic rings. The Morgan fingerprint density at radius 2 is 2.19 bits per heavy atom. The molecule has 0 bridgehead atoms. The fourth-order valence-corrected chi connectivity index (χ4v) is 2.34. The number of hydrogen-bond donors (Lipinski definition) is 2. The van der Waals surface area contributed by atoms with Crippen molar-refractivity contribution in [1.29, 1.82) is 0 Å². The van der Waals surface area contributed by atoms with Crippen LogP contribution >= 0.6 is 0 Å². The number of hydrogen-bond acceptors (Lipinski definition) is 3. The van der Waals surface area contributed by atoms with E-state index < -0.39 is 0 Å². The Labute approximate surface area is 125 Å². The molecule has 0 aromatic heterocycles. The average Bonchev–Trinajstić information content (AvgIpc) is 2.50. The SMILES string of the molecule is Cc1c(C#CCCO)cccc1C(=O)NC1CCOCC1. The summed E-state index contributed by atoms with van der Waals surface area (Å²) in [5.74, 6) is 5.84. The van der Waals surface area contributed by atoms with Crippen LogP contribution in [0.3, 0.4) is 0 Å². The Kier molecular flexibility index (Phi) is 5.79. The van der Waals surface area contributed by atoms with E-state index in [0.29, 0.717) is 25.2 Å². The number of ether oxygens (including phenoxy) is 1. The second-order valence-electron chi connectivity index (χ2n) is 5.11.